The highest BCUT2D eigenvalue weighted by Gasteiger charge is 2.10. The molecule has 3 N–H and O–H groups in total. The largest absolute Gasteiger partial charge is 0.370 e. The van der Waals surface area contributed by atoms with Crippen molar-refractivity contribution in [3.8, 4) is 0 Å². The van der Waals surface area contributed by atoms with Gasteiger partial charge in [0.15, 0.2) is 5.96 Å². The van der Waals surface area contributed by atoms with Gasteiger partial charge in [-0.2, -0.15) is 0 Å². The number of rotatable bonds is 10. The summed E-state index contributed by atoms with van der Waals surface area (Å²) in [7, 11) is -2.02. The quantitative estimate of drug-likeness (QED) is 0.237. The molecule has 0 aromatic heterocycles. The smallest absolute Gasteiger partial charge is 0.240 e. The predicted molar refractivity (Wildman–Crippen MR) is 140 cm³/mol. The van der Waals surface area contributed by atoms with E-state index in [1.165, 1.54) is 18.3 Å². The monoisotopic (exact) mass is 559 g/mol. The number of anilines is 1. The molecular formula is C22H34IN5O2S. The molecule has 9 heteroatoms. The van der Waals surface area contributed by atoms with E-state index in [-0.39, 0.29) is 28.9 Å². The fourth-order valence-corrected chi connectivity index (χ4v) is 3.74. The molecule has 0 radical (unpaired) electrons. The van der Waals surface area contributed by atoms with Crippen molar-refractivity contribution in [1.29, 1.82) is 0 Å². The molecule has 0 aliphatic heterocycles. The van der Waals surface area contributed by atoms with E-state index < -0.39 is 10.0 Å². The Morgan fingerprint density at radius 2 is 1.77 bits per heavy atom. The Hall–Kier alpha value is -1.85. The third-order valence-electron chi connectivity index (χ3n) is 4.69. The first-order valence-electron chi connectivity index (χ1n) is 10.3. The molecule has 2 aromatic rings. The van der Waals surface area contributed by atoms with E-state index in [0.29, 0.717) is 6.54 Å². The van der Waals surface area contributed by atoms with Crippen LogP contribution in [-0.4, -0.2) is 47.6 Å². The van der Waals surface area contributed by atoms with Crippen molar-refractivity contribution in [1.82, 2.24) is 15.4 Å². The van der Waals surface area contributed by atoms with E-state index in [2.05, 4.69) is 63.4 Å². The number of likely N-dealkylation sites (N-methyl/N-ethyl adjacent to an activating group) is 1. The van der Waals surface area contributed by atoms with E-state index in [1.807, 2.05) is 6.92 Å². The van der Waals surface area contributed by atoms with Crippen molar-refractivity contribution in [3.63, 3.8) is 0 Å². The number of sulfonamides is 1. The van der Waals surface area contributed by atoms with Crippen LogP contribution in [0.2, 0.25) is 0 Å². The molecule has 0 fully saturated rings. The van der Waals surface area contributed by atoms with Gasteiger partial charge in [0.05, 0.1) is 11.4 Å². The Labute approximate surface area is 203 Å². The van der Waals surface area contributed by atoms with Gasteiger partial charge < -0.3 is 15.5 Å². The fraction of sp³-hybridized carbons (Fsp3) is 0.409. The lowest BCUT2D eigenvalue weighted by Crippen LogP contribution is -2.41. The lowest BCUT2D eigenvalue weighted by molar-refractivity contribution is 0.588. The summed E-state index contributed by atoms with van der Waals surface area (Å²) in [4.78, 5) is 7.19. The molecule has 0 unspecified atom stereocenters. The van der Waals surface area contributed by atoms with Gasteiger partial charge >= 0.3 is 0 Å². The van der Waals surface area contributed by atoms with E-state index in [4.69, 9.17) is 0 Å². The fourth-order valence-electron chi connectivity index (χ4n) is 3.01. The number of aliphatic imine (C=N–C) groups is 1. The molecule has 0 atom stereocenters. The summed E-state index contributed by atoms with van der Waals surface area (Å²) in [5, 5.41) is 6.63. The molecule has 2 aromatic carbocycles. The maximum absolute atomic E-state index is 11.8. The van der Waals surface area contributed by atoms with Crippen LogP contribution in [0.25, 0.3) is 0 Å². The lowest BCUT2D eigenvalue weighted by Gasteiger charge is -2.24. The van der Waals surface area contributed by atoms with E-state index in [0.717, 1.165) is 37.7 Å². The van der Waals surface area contributed by atoms with Crippen LogP contribution in [0.1, 0.15) is 25.0 Å². The van der Waals surface area contributed by atoms with Crippen molar-refractivity contribution in [3.05, 3.63) is 59.7 Å². The summed E-state index contributed by atoms with van der Waals surface area (Å²) in [6.45, 7) is 10.1. The summed E-state index contributed by atoms with van der Waals surface area (Å²) in [5.41, 5.74) is 3.41. The SMILES string of the molecule is CCNC(=NCc1ccc(S(=O)(=O)NC)cc1)NCCN(CC)c1cccc(C)c1.I. The minimum Gasteiger partial charge on any atom is -0.370 e. The molecular weight excluding hydrogens is 525 g/mol. The van der Waals surface area contributed by atoms with Gasteiger partial charge in [-0.25, -0.2) is 18.1 Å². The third-order valence-corrected chi connectivity index (χ3v) is 6.12. The number of guanidine groups is 1. The summed E-state index contributed by atoms with van der Waals surface area (Å²) in [6, 6.07) is 15.3. The third kappa shape index (κ3) is 8.66. The van der Waals surface area contributed by atoms with Gasteiger partial charge in [0.1, 0.15) is 0 Å². The van der Waals surface area contributed by atoms with Crippen LogP contribution in [0.15, 0.2) is 58.4 Å². The maximum atomic E-state index is 11.8. The number of nitrogens with one attached hydrogen (secondary N) is 3. The topological polar surface area (TPSA) is 85.8 Å². The highest BCUT2D eigenvalue weighted by Crippen LogP contribution is 2.15. The Kier molecular flexibility index (Phi) is 11.9. The van der Waals surface area contributed by atoms with Gasteiger partial charge in [-0.3, -0.25) is 0 Å². The van der Waals surface area contributed by atoms with Crippen molar-refractivity contribution < 1.29 is 8.42 Å². The van der Waals surface area contributed by atoms with E-state index in [9.17, 15) is 8.42 Å². The first-order chi connectivity index (χ1) is 14.4. The van der Waals surface area contributed by atoms with Crippen LogP contribution >= 0.6 is 24.0 Å². The Balaban J connectivity index is 0.00000480. The zero-order valence-corrected chi connectivity index (χ0v) is 21.8. The highest BCUT2D eigenvalue weighted by atomic mass is 127. The minimum atomic E-state index is -3.42. The first kappa shape index (κ1) is 27.2. The number of aryl methyl sites for hydroxylation is 1. The Bertz CT molecular complexity index is 933. The molecule has 0 aliphatic carbocycles. The summed E-state index contributed by atoms with van der Waals surface area (Å²) in [5.74, 6) is 0.740. The molecule has 2 rings (SSSR count). The molecule has 0 aliphatic rings. The molecule has 172 valence electrons. The first-order valence-corrected chi connectivity index (χ1v) is 11.7. The van der Waals surface area contributed by atoms with Crippen LogP contribution in [0, 0.1) is 6.92 Å². The Morgan fingerprint density at radius 3 is 2.35 bits per heavy atom. The van der Waals surface area contributed by atoms with Crippen molar-refractivity contribution >= 4 is 45.6 Å². The second-order valence-corrected chi connectivity index (χ2v) is 8.78. The molecule has 0 spiro atoms. The lowest BCUT2D eigenvalue weighted by atomic mass is 10.2. The van der Waals surface area contributed by atoms with Gasteiger partial charge in [0.2, 0.25) is 10.0 Å². The number of nitrogens with zero attached hydrogens (tertiary/aromatic N) is 2. The van der Waals surface area contributed by atoms with Gasteiger partial charge in [-0.05, 0) is 63.2 Å². The van der Waals surface area contributed by atoms with Gasteiger partial charge in [0, 0.05) is 31.9 Å². The molecule has 0 amide bonds. The van der Waals surface area contributed by atoms with Gasteiger partial charge in [-0.1, -0.05) is 24.3 Å². The molecule has 0 saturated carbocycles. The molecule has 31 heavy (non-hydrogen) atoms. The number of hydrogen-bond acceptors (Lipinski definition) is 4. The summed E-state index contributed by atoms with van der Waals surface area (Å²) in [6.07, 6.45) is 0. The van der Waals surface area contributed by atoms with Crippen molar-refractivity contribution in [2.45, 2.75) is 32.2 Å². The number of hydrogen-bond donors (Lipinski definition) is 3. The second-order valence-electron chi connectivity index (χ2n) is 6.89. The predicted octanol–water partition coefficient (Wildman–Crippen LogP) is 3.10. The summed E-state index contributed by atoms with van der Waals surface area (Å²) >= 11 is 0. The second kappa shape index (κ2) is 13.5. The normalized spacial score (nSPS) is 11.5. The average Bonchev–Trinajstić information content (AvgIpc) is 2.75. The zero-order chi connectivity index (χ0) is 22.0. The van der Waals surface area contributed by atoms with E-state index >= 15 is 0 Å². The van der Waals surface area contributed by atoms with Crippen molar-refractivity contribution in [2.24, 2.45) is 4.99 Å². The van der Waals surface area contributed by atoms with Crippen LogP contribution in [-0.2, 0) is 16.6 Å². The van der Waals surface area contributed by atoms with Crippen LogP contribution < -0.4 is 20.3 Å². The standard InChI is InChI=1S/C22H33N5O2S.HI/c1-5-24-22(25-14-15-27(6-2)20-9-7-8-18(3)16-20)26-17-19-10-12-21(13-11-19)30(28,29)23-4;/h7-13,16,23H,5-6,14-15,17H2,1-4H3,(H2,24,25,26);1H. The number of halogens is 1. The van der Waals surface area contributed by atoms with Crippen LogP contribution in [0.3, 0.4) is 0 Å². The minimum absolute atomic E-state index is 0. The highest BCUT2D eigenvalue weighted by molar-refractivity contribution is 14.0. The van der Waals surface area contributed by atoms with E-state index in [1.54, 1.807) is 24.3 Å². The van der Waals surface area contributed by atoms with Crippen LogP contribution in [0.4, 0.5) is 5.69 Å². The molecule has 0 heterocycles. The molecule has 0 saturated heterocycles. The number of benzene rings is 2. The van der Waals surface area contributed by atoms with Crippen molar-refractivity contribution in [2.75, 3.05) is 38.1 Å². The van der Waals surface area contributed by atoms with Gasteiger partial charge in [0.25, 0.3) is 0 Å². The zero-order valence-electron chi connectivity index (χ0n) is 18.7. The van der Waals surface area contributed by atoms with Crippen LogP contribution in [0.5, 0.6) is 0 Å². The maximum Gasteiger partial charge on any atom is 0.240 e. The summed E-state index contributed by atoms with van der Waals surface area (Å²) < 4.78 is 26.0. The molecule has 0 bridgehead atoms. The Morgan fingerprint density at radius 1 is 1.06 bits per heavy atom. The van der Waals surface area contributed by atoms with Gasteiger partial charge in [-0.15, -0.1) is 24.0 Å². The molecule has 7 nitrogen and oxygen atoms in total. The average molecular weight is 560 g/mol.